The summed E-state index contributed by atoms with van der Waals surface area (Å²) >= 11 is 0. The Morgan fingerprint density at radius 1 is 1.33 bits per heavy atom. The highest BCUT2D eigenvalue weighted by molar-refractivity contribution is 5.77. The first kappa shape index (κ1) is 12.4. The van der Waals surface area contributed by atoms with Crippen LogP contribution in [0.2, 0.25) is 0 Å². The molecule has 1 aliphatic heterocycles. The molecule has 1 fully saturated rings. The second-order valence-electron chi connectivity index (χ2n) is 3.53. The van der Waals surface area contributed by atoms with Crippen LogP contribution in [0.15, 0.2) is 0 Å². The highest BCUT2D eigenvalue weighted by Crippen LogP contribution is 1.94. The zero-order valence-corrected chi connectivity index (χ0v) is 9.33. The molecule has 0 aliphatic carbocycles. The van der Waals surface area contributed by atoms with Gasteiger partial charge in [-0.25, -0.2) is 0 Å². The summed E-state index contributed by atoms with van der Waals surface area (Å²) in [6, 6.07) is 0. The maximum atomic E-state index is 11.6. The van der Waals surface area contributed by atoms with Gasteiger partial charge in [-0.2, -0.15) is 0 Å². The van der Waals surface area contributed by atoms with Gasteiger partial charge in [-0.3, -0.25) is 4.79 Å². The predicted molar refractivity (Wildman–Crippen MR) is 56.8 cm³/mol. The van der Waals surface area contributed by atoms with Gasteiger partial charge in [0.05, 0.1) is 0 Å². The van der Waals surface area contributed by atoms with E-state index in [1.165, 1.54) is 0 Å². The molecule has 0 aromatic heterocycles. The number of nitrogens with zero attached hydrogens (tertiary/aromatic N) is 1. The number of hydrogen-bond acceptors (Lipinski definition) is 4. The number of amides is 1. The van der Waals surface area contributed by atoms with Crippen LogP contribution in [0.1, 0.15) is 6.42 Å². The molecule has 1 N–H and O–H groups in total. The molecule has 88 valence electrons. The van der Waals surface area contributed by atoms with Crippen molar-refractivity contribution >= 4 is 5.91 Å². The number of nitrogens with one attached hydrogen (secondary N) is 1. The number of carbonyl (C=O) groups excluding carboxylic acids is 1. The zero-order chi connectivity index (χ0) is 10.9. The largest absolute Gasteiger partial charge is 0.385 e. The monoisotopic (exact) mass is 216 g/mol. The van der Waals surface area contributed by atoms with Crippen molar-refractivity contribution in [2.45, 2.75) is 6.42 Å². The van der Waals surface area contributed by atoms with Crippen molar-refractivity contribution in [3.8, 4) is 0 Å². The third kappa shape index (κ3) is 5.11. The fraction of sp³-hybridized carbons (Fsp3) is 0.900. The summed E-state index contributed by atoms with van der Waals surface area (Å²) in [6.45, 7) is 4.82. The normalized spacial score (nSPS) is 16.7. The van der Waals surface area contributed by atoms with Gasteiger partial charge in [0, 0.05) is 46.5 Å². The average Bonchev–Trinajstić information content (AvgIpc) is 2.30. The van der Waals surface area contributed by atoms with E-state index in [0.29, 0.717) is 13.2 Å². The molecule has 1 heterocycles. The fourth-order valence-corrected chi connectivity index (χ4v) is 1.47. The Balaban J connectivity index is 2.02. The molecule has 1 saturated heterocycles. The van der Waals surface area contributed by atoms with Crippen molar-refractivity contribution in [1.82, 2.24) is 10.2 Å². The summed E-state index contributed by atoms with van der Waals surface area (Å²) < 4.78 is 10.1. The van der Waals surface area contributed by atoms with E-state index in [9.17, 15) is 4.79 Å². The van der Waals surface area contributed by atoms with E-state index >= 15 is 0 Å². The second kappa shape index (κ2) is 7.62. The summed E-state index contributed by atoms with van der Waals surface area (Å²) in [5, 5.41) is 3.20. The second-order valence-corrected chi connectivity index (χ2v) is 3.53. The minimum Gasteiger partial charge on any atom is -0.385 e. The number of piperazine rings is 1. The Labute approximate surface area is 90.7 Å². The van der Waals surface area contributed by atoms with Gasteiger partial charge in [0.2, 0.25) is 5.91 Å². The van der Waals surface area contributed by atoms with E-state index in [0.717, 1.165) is 32.6 Å². The van der Waals surface area contributed by atoms with Crippen LogP contribution in [0.4, 0.5) is 0 Å². The number of ether oxygens (including phenoxy) is 2. The summed E-state index contributed by atoms with van der Waals surface area (Å²) in [7, 11) is 1.66. The van der Waals surface area contributed by atoms with Gasteiger partial charge < -0.3 is 19.7 Å². The van der Waals surface area contributed by atoms with Crippen molar-refractivity contribution < 1.29 is 14.3 Å². The van der Waals surface area contributed by atoms with Crippen molar-refractivity contribution in [3.63, 3.8) is 0 Å². The Morgan fingerprint density at radius 3 is 2.73 bits per heavy atom. The highest BCUT2D eigenvalue weighted by atomic mass is 16.5. The molecule has 5 heteroatoms. The SMILES string of the molecule is COCCCOCC(=O)N1CCNCC1. The van der Waals surface area contributed by atoms with Gasteiger partial charge in [0.15, 0.2) is 0 Å². The van der Waals surface area contributed by atoms with Crippen LogP contribution in [0, 0.1) is 0 Å². The molecule has 1 rings (SSSR count). The van der Waals surface area contributed by atoms with Crippen LogP contribution in [-0.2, 0) is 14.3 Å². The fourth-order valence-electron chi connectivity index (χ4n) is 1.47. The summed E-state index contributed by atoms with van der Waals surface area (Å²) in [5.74, 6) is 0.0916. The van der Waals surface area contributed by atoms with Crippen LogP contribution in [0.25, 0.3) is 0 Å². The minimum absolute atomic E-state index is 0.0916. The van der Waals surface area contributed by atoms with Gasteiger partial charge in [-0.05, 0) is 6.42 Å². The Bertz CT molecular complexity index is 182. The van der Waals surface area contributed by atoms with E-state index in [1.807, 2.05) is 4.90 Å². The molecule has 0 bridgehead atoms. The van der Waals surface area contributed by atoms with Gasteiger partial charge >= 0.3 is 0 Å². The number of methoxy groups -OCH3 is 1. The topological polar surface area (TPSA) is 50.8 Å². The lowest BCUT2D eigenvalue weighted by Gasteiger charge is -2.27. The number of carbonyl (C=O) groups is 1. The molecule has 0 aromatic carbocycles. The molecular formula is C10H20N2O3. The van der Waals surface area contributed by atoms with Crippen LogP contribution in [0.5, 0.6) is 0 Å². The Kier molecular flexibility index (Phi) is 6.31. The predicted octanol–water partition coefficient (Wildman–Crippen LogP) is -0.529. The summed E-state index contributed by atoms with van der Waals surface area (Å²) in [6.07, 6.45) is 0.839. The van der Waals surface area contributed by atoms with Crippen LogP contribution >= 0.6 is 0 Å². The maximum absolute atomic E-state index is 11.6. The molecule has 1 aliphatic rings. The van der Waals surface area contributed by atoms with Gasteiger partial charge in [0.1, 0.15) is 6.61 Å². The lowest BCUT2D eigenvalue weighted by atomic mass is 10.3. The minimum atomic E-state index is 0.0916. The third-order valence-electron chi connectivity index (χ3n) is 2.33. The third-order valence-corrected chi connectivity index (χ3v) is 2.33. The lowest BCUT2D eigenvalue weighted by Crippen LogP contribution is -2.47. The van der Waals surface area contributed by atoms with E-state index in [2.05, 4.69) is 5.32 Å². The van der Waals surface area contributed by atoms with Crippen molar-refractivity contribution in [2.24, 2.45) is 0 Å². The average molecular weight is 216 g/mol. The molecule has 0 radical (unpaired) electrons. The first-order chi connectivity index (χ1) is 7.34. The molecule has 0 atom stereocenters. The van der Waals surface area contributed by atoms with Crippen LogP contribution in [0.3, 0.4) is 0 Å². The van der Waals surface area contributed by atoms with Crippen molar-refractivity contribution in [1.29, 1.82) is 0 Å². The highest BCUT2D eigenvalue weighted by Gasteiger charge is 2.15. The molecule has 0 saturated carbocycles. The van der Waals surface area contributed by atoms with E-state index in [1.54, 1.807) is 7.11 Å². The zero-order valence-electron chi connectivity index (χ0n) is 9.33. The first-order valence-electron chi connectivity index (χ1n) is 5.40. The van der Waals surface area contributed by atoms with Crippen LogP contribution < -0.4 is 5.32 Å². The molecule has 0 aromatic rings. The van der Waals surface area contributed by atoms with Crippen LogP contribution in [-0.4, -0.2) is 63.9 Å². The van der Waals surface area contributed by atoms with Crippen molar-refractivity contribution in [2.75, 3.05) is 53.1 Å². The summed E-state index contributed by atoms with van der Waals surface area (Å²) in [4.78, 5) is 13.4. The molecule has 0 unspecified atom stereocenters. The Hall–Kier alpha value is -0.650. The summed E-state index contributed by atoms with van der Waals surface area (Å²) in [5.41, 5.74) is 0. The molecule has 15 heavy (non-hydrogen) atoms. The van der Waals surface area contributed by atoms with E-state index < -0.39 is 0 Å². The molecular weight excluding hydrogens is 196 g/mol. The first-order valence-corrected chi connectivity index (χ1v) is 5.40. The quantitative estimate of drug-likeness (QED) is 0.607. The number of hydrogen-bond donors (Lipinski definition) is 1. The van der Waals surface area contributed by atoms with Crippen molar-refractivity contribution in [3.05, 3.63) is 0 Å². The Morgan fingerprint density at radius 2 is 2.07 bits per heavy atom. The van der Waals surface area contributed by atoms with Gasteiger partial charge in [0.25, 0.3) is 0 Å². The van der Waals surface area contributed by atoms with Gasteiger partial charge in [-0.1, -0.05) is 0 Å². The smallest absolute Gasteiger partial charge is 0.248 e. The molecule has 1 amide bonds. The standard InChI is InChI=1S/C10H20N2O3/c1-14-7-2-8-15-9-10(13)12-5-3-11-4-6-12/h11H,2-9H2,1H3. The molecule has 0 spiro atoms. The lowest BCUT2D eigenvalue weighted by molar-refractivity contribution is -0.136. The van der Waals surface area contributed by atoms with Gasteiger partial charge in [-0.15, -0.1) is 0 Å². The van der Waals surface area contributed by atoms with E-state index in [-0.39, 0.29) is 12.5 Å². The molecule has 5 nitrogen and oxygen atoms in total. The number of rotatable bonds is 6. The maximum Gasteiger partial charge on any atom is 0.248 e. The van der Waals surface area contributed by atoms with E-state index in [4.69, 9.17) is 9.47 Å².